The van der Waals surface area contributed by atoms with Crippen LogP contribution in [0, 0.1) is 0 Å². The molecule has 0 fully saturated rings. The summed E-state index contributed by atoms with van der Waals surface area (Å²) in [5.74, 6) is 0. The molecule has 0 saturated heterocycles. The van der Waals surface area contributed by atoms with E-state index in [0.29, 0.717) is 19.8 Å². The summed E-state index contributed by atoms with van der Waals surface area (Å²) in [4.78, 5) is 0. The monoisotopic (exact) mass is 870 g/mol. The molecule has 35 heavy (non-hydrogen) atoms. The van der Waals surface area contributed by atoms with E-state index in [0.717, 1.165) is 0 Å². The van der Waals surface area contributed by atoms with Crippen LogP contribution < -0.4 is 0 Å². The molecule has 0 bridgehead atoms. The molecule has 0 aliphatic carbocycles. The van der Waals surface area contributed by atoms with Crippen LogP contribution in [-0.4, -0.2) is 83.0 Å². The van der Waals surface area contributed by atoms with Crippen LogP contribution in [0.25, 0.3) is 0 Å². The van der Waals surface area contributed by atoms with E-state index in [4.69, 9.17) is 13.6 Å². The molecule has 0 aromatic heterocycles. The predicted molar refractivity (Wildman–Crippen MR) is 236 cm³/mol. The normalized spacial score (nSPS) is 11.0. The van der Waals surface area contributed by atoms with Crippen LogP contribution in [0.15, 0.2) is 0 Å². The molecule has 0 aliphatic heterocycles. The molecule has 0 saturated carbocycles. The number of rotatable bonds is 12. The Hall–Kier alpha value is 10.5. The fourth-order valence-electron chi connectivity index (χ4n) is 1.10. The summed E-state index contributed by atoms with van der Waals surface area (Å²) in [6.45, 7) is 8.45. The standard InChI is InChI=1S/C6H15O3P.7CH4.2K.H18P16/c1-4-7-10(8-5-2)9-6-3;;;;;;;;;;1-10(2)14(9)16(13(7)8)15(11(3)4)12(5)6/h4-6H2,1-3H3;7*1H4;;;1-9H2. The van der Waals surface area contributed by atoms with Crippen LogP contribution in [0.2, 0.25) is 0 Å². The summed E-state index contributed by atoms with van der Waals surface area (Å²) in [5.41, 5.74) is 0. The summed E-state index contributed by atoms with van der Waals surface area (Å²) < 4.78 is 15.4. The third-order valence-electron chi connectivity index (χ3n) is 1.90. The van der Waals surface area contributed by atoms with Crippen LogP contribution >= 0.6 is 138 Å². The molecule has 218 valence electrons. The van der Waals surface area contributed by atoms with Gasteiger partial charge >= 0.3 is 71.8 Å². The van der Waals surface area contributed by atoms with Gasteiger partial charge in [-0.2, -0.15) is 0 Å². The average Bonchev–Trinajstić information content (AvgIpc) is 2.61. The minimum absolute atomic E-state index is 0. The summed E-state index contributed by atoms with van der Waals surface area (Å²) in [6.07, 6.45) is 0. The van der Waals surface area contributed by atoms with Crippen molar-refractivity contribution < 1.29 is 13.6 Å². The third kappa shape index (κ3) is 42.4. The fourth-order valence-corrected chi connectivity index (χ4v) is 166. The number of hydrogen-bond acceptors (Lipinski definition) is 3. The molecule has 0 aromatic rings. The molecule has 3 nitrogen and oxygen atoms in total. The van der Waals surface area contributed by atoms with Crippen molar-refractivity contribution in [3.05, 3.63) is 0 Å². The van der Waals surface area contributed by atoms with Gasteiger partial charge in [0.2, 0.25) is 0 Å². The van der Waals surface area contributed by atoms with E-state index >= 15 is 0 Å². The SMILES string of the molecule is C.C.C.C.C.C.C.CCOP(OCC)OCC.PP(P)P(P)P(P(P)P)P(P(P)P)P(P)P.[K][K]. The van der Waals surface area contributed by atoms with Gasteiger partial charge in [-0.3, -0.25) is 0 Å². The average molecular weight is 870 g/mol. The van der Waals surface area contributed by atoms with Crippen LogP contribution in [0.3, 0.4) is 0 Å². The Morgan fingerprint density at radius 3 is 0.829 bits per heavy atom. The van der Waals surface area contributed by atoms with Crippen LogP contribution in [0.4, 0.5) is 0 Å². The topological polar surface area (TPSA) is 27.7 Å². The van der Waals surface area contributed by atoms with E-state index in [1.54, 1.807) is 0 Å². The Labute approximate surface area is 300 Å². The van der Waals surface area contributed by atoms with Gasteiger partial charge in [0.25, 0.3) is 0 Å². The van der Waals surface area contributed by atoms with E-state index in [1.165, 1.54) is 63.2 Å². The van der Waals surface area contributed by atoms with Gasteiger partial charge in [0.1, 0.15) is 0 Å². The first-order valence-electron chi connectivity index (χ1n) is 8.06. The van der Waals surface area contributed by atoms with E-state index in [2.05, 4.69) is 80.4 Å². The Bertz CT molecular complexity index is 319. The van der Waals surface area contributed by atoms with E-state index < -0.39 is 8.60 Å². The van der Waals surface area contributed by atoms with Crippen molar-refractivity contribution in [2.24, 2.45) is 0 Å². The first-order chi connectivity index (χ1) is 13.0. The van der Waals surface area contributed by atoms with Crippen LogP contribution in [0.1, 0.15) is 72.8 Å². The molecule has 0 heterocycles. The van der Waals surface area contributed by atoms with Gasteiger partial charge in [0.05, 0.1) is 19.8 Å². The molecule has 0 rings (SSSR count). The fraction of sp³-hybridized carbons (Fsp3) is 1.00. The Morgan fingerprint density at radius 2 is 0.686 bits per heavy atom. The second-order valence-electron chi connectivity index (χ2n) is 3.85. The Morgan fingerprint density at radius 1 is 0.457 bits per heavy atom. The van der Waals surface area contributed by atoms with Crippen LogP contribution in [-0.2, 0) is 13.6 Å². The van der Waals surface area contributed by atoms with E-state index in [9.17, 15) is 0 Å². The zero-order chi connectivity index (χ0) is 22.9. The van der Waals surface area contributed by atoms with Gasteiger partial charge in [0.15, 0.2) is 0 Å². The molecular weight excluding hydrogens is 809 g/mol. The molecule has 11 atom stereocenters. The molecule has 0 radical (unpaired) electrons. The molecular formula is C13H61K2O3P17. The summed E-state index contributed by atoms with van der Waals surface area (Å²) in [6, 6.07) is 0. The van der Waals surface area contributed by atoms with E-state index in [1.807, 2.05) is 20.8 Å². The van der Waals surface area contributed by atoms with Gasteiger partial charge in [-0.1, -0.05) is 52.0 Å². The van der Waals surface area contributed by atoms with Crippen molar-refractivity contribution in [3.8, 4) is 0 Å². The van der Waals surface area contributed by atoms with Gasteiger partial charge in [-0.05, 0) is 69.7 Å². The van der Waals surface area contributed by atoms with Gasteiger partial charge in [0, 0.05) is 0 Å². The molecule has 0 aromatic carbocycles. The first-order valence-corrected chi connectivity index (χ1v) is 53.3. The molecule has 0 amide bonds. The minimum atomic E-state index is -1.06. The maximum atomic E-state index is 5.14. The van der Waals surface area contributed by atoms with Crippen molar-refractivity contribution in [2.75, 3.05) is 19.8 Å². The van der Waals surface area contributed by atoms with Crippen molar-refractivity contribution in [1.82, 2.24) is 0 Å². The van der Waals surface area contributed by atoms with Crippen molar-refractivity contribution in [1.29, 1.82) is 0 Å². The van der Waals surface area contributed by atoms with Crippen LogP contribution in [0.5, 0.6) is 0 Å². The maximum absolute atomic E-state index is 5.14. The van der Waals surface area contributed by atoms with Gasteiger partial charge in [-0.25, -0.2) is 0 Å². The molecule has 0 N–H and O–H groups in total. The van der Waals surface area contributed by atoms with Crippen molar-refractivity contribution in [2.45, 2.75) is 72.8 Å². The Balaban J connectivity index is -0.0000000369. The molecule has 0 spiro atoms. The zero-order valence-electron chi connectivity index (χ0n) is 17.1. The summed E-state index contributed by atoms with van der Waals surface area (Å²) in [7, 11) is 26.7. The quantitative estimate of drug-likeness (QED) is 0.144. The predicted octanol–water partition coefficient (Wildman–Crippen LogP) is 15.0. The Kier molecular flexibility index (Phi) is 105. The second-order valence-corrected chi connectivity index (χ2v) is 66.9. The van der Waals surface area contributed by atoms with Gasteiger partial charge in [-0.15, -0.1) is 80.4 Å². The van der Waals surface area contributed by atoms with E-state index in [-0.39, 0.29) is 101 Å². The van der Waals surface area contributed by atoms with Crippen molar-refractivity contribution in [3.63, 3.8) is 0 Å². The zero-order valence-corrected chi connectivity index (χ0v) is 40.9. The third-order valence-corrected chi connectivity index (χ3v) is 99.3. The van der Waals surface area contributed by atoms with Gasteiger partial charge < -0.3 is 13.6 Å². The molecule has 22 heteroatoms. The van der Waals surface area contributed by atoms with Crippen molar-refractivity contribution >= 4 is 201 Å². The molecule has 0 aliphatic rings. The second kappa shape index (κ2) is 51.3. The number of hydrogen-bond donors (Lipinski definition) is 0. The summed E-state index contributed by atoms with van der Waals surface area (Å²) in [5, 5.41) is 0. The first kappa shape index (κ1) is 71.5. The summed E-state index contributed by atoms with van der Waals surface area (Å²) >= 11 is 2.50. The molecule has 11 unspecified atom stereocenters.